The van der Waals surface area contributed by atoms with Crippen LogP contribution in [0.1, 0.15) is 12.0 Å². The molecule has 0 spiro atoms. The maximum absolute atomic E-state index is 13.2. The van der Waals surface area contributed by atoms with Gasteiger partial charge in [0.15, 0.2) is 5.82 Å². The smallest absolute Gasteiger partial charge is 0.228 e. The Morgan fingerprint density at radius 2 is 1.76 bits per heavy atom. The molecule has 1 unspecified atom stereocenters. The van der Waals surface area contributed by atoms with Gasteiger partial charge in [-0.2, -0.15) is 0 Å². The van der Waals surface area contributed by atoms with E-state index >= 15 is 0 Å². The fourth-order valence-corrected chi connectivity index (χ4v) is 5.07. The number of aromatic nitrogens is 2. The van der Waals surface area contributed by atoms with Crippen LogP contribution in [0, 0.1) is 12.8 Å². The zero-order valence-corrected chi connectivity index (χ0v) is 20.6. The van der Waals surface area contributed by atoms with Crippen molar-refractivity contribution in [3.05, 3.63) is 70.7 Å². The normalized spacial score (nSPS) is 18.5. The third-order valence-corrected chi connectivity index (χ3v) is 7.07. The van der Waals surface area contributed by atoms with E-state index in [0.29, 0.717) is 32.7 Å². The number of hydrogen-bond acceptors (Lipinski definition) is 5. The predicted octanol–water partition coefficient (Wildman–Crippen LogP) is 3.92. The van der Waals surface area contributed by atoms with Crippen molar-refractivity contribution >= 4 is 39.2 Å². The molecule has 1 aromatic heterocycles. The average Bonchev–Trinajstić information content (AvgIpc) is 3.26. The van der Waals surface area contributed by atoms with Crippen LogP contribution in [0.15, 0.2) is 65.1 Å². The summed E-state index contributed by atoms with van der Waals surface area (Å²) in [7, 11) is 0. The Labute approximate surface area is 207 Å². The second kappa shape index (κ2) is 9.54. The first-order valence-corrected chi connectivity index (χ1v) is 12.3. The van der Waals surface area contributed by atoms with Crippen LogP contribution in [0.4, 0.5) is 11.5 Å². The van der Waals surface area contributed by atoms with Crippen molar-refractivity contribution in [1.82, 2.24) is 15.1 Å². The number of hydrogen-bond donors (Lipinski definition) is 0. The van der Waals surface area contributed by atoms with Gasteiger partial charge in [0.05, 0.1) is 11.6 Å². The number of piperazine rings is 1. The van der Waals surface area contributed by atoms with Crippen LogP contribution in [-0.2, 0) is 9.59 Å². The number of nitrogens with zero attached hydrogens (tertiary/aromatic N) is 5. The molecule has 8 heteroatoms. The number of rotatable bonds is 4. The second-order valence-corrected chi connectivity index (χ2v) is 9.70. The topological polar surface area (TPSA) is 69.6 Å². The Hall–Kier alpha value is -3.26. The summed E-state index contributed by atoms with van der Waals surface area (Å²) in [6.45, 7) is 5.11. The molecule has 2 aromatic carbocycles. The number of benzene rings is 2. The van der Waals surface area contributed by atoms with E-state index in [9.17, 15) is 9.59 Å². The number of anilines is 2. The molecule has 34 heavy (non-hydrogen) atoms. The van der Waals surface area contributed by atoms with Gasteiger partial charge in [0, 0.05) is 54.9 Å². The number of carbonyl (C=O) groups excluding carboxylic acids is 2. The lowest BCUT2D eigenvalue weighted by Gasteiger charge is -2.36. The van der Waals surface area contributed by atoms with Crippen molar-refractivity contribution in [3.8, 4) is 11.3 Å². The van der Waals surface area contributed by atoms with Gasteiger partial charge in [0.1, 0.15) is 0 Å². The molecule has 0 bridgehead atoms. The van der Waals surface area contributed by atoms with Crippen molar-refractivity contribution in [1.29, 1.82) is 0 Å². The summed E-state index contributed by atoms with van der Waals surface area (Å²) >= 11 is 3.45. The molecule has 2 aliphatic heterocycles. The Kier molecular flexibility index (Phi) is 6.32. The minimum Gasteiger partial charge on any atom is -0.352 e. The van der Waals surface area contributed by atoms with Crippen molar-refractivity contribution in [2.45, 2.75) is 13.3 Å². The monoisotopic (exact) mass is 519 g/mol. The van der Waals surface area contributed by atoms with Gasteiger partial charge in [0.2, 0.25) is 11.8 Å². The molecular formula is C26H26BrN5O2. The standard InChI is InChI=1S/C26H26BrN5O2/c1-18-5-2-3-8-22(18)23-9-10-24(29-28-23)30-11-13-31(14-12-30)26(34)19-15-25(33)32(17-19)21-7-4-6-20(27)16-21/h2-10,16,19H,11-15,17H2,1H3. The van der Waals surface area contributed by atoms with Crippen LogP contribution in [-0.4, -0.2) is 59.6 Å². The maximum atomic E-state index is 13.2. The van der Waals surface area contributed by atoms with Crippen LogP contribution in [0.5, 0.6) is 0 Å². The molecule has 0 aliphatic carbocycles. The summed E-state index contributed by atoms with van der Waals surface area (Å²) in [5, 5.41) is 8.88. The zero-order chi connectivity index (χ0) is 23.7. The van der Waals surface area contributed by atoms with Gasteiger partial charge in [0.25, 0.3) is 0 Å². The molecule has 3 aromatic rings. The van der Waals surface area contributed by atoms with Crippen LogP contribution in [0.3, 0.4) is 0 Å². The molecule has 1 atom stereocenters. The first-order valence-electron chi connectivity index (χ1n) is 11.5. The third kappa shape index (κ3) is 4.55. The molecule has 7 nitrogen and oxygen atoms in total. The molecule has 5 rings (SSSR count). The number of amides is 2. The minimum atomic E-state index is -0.300. The lowest BCUT2D eigenvalue weighted by Crippen LogP contribution is -2.51. The summed E-state index contributed by atoms with van der Waals surface area (Å²) in [6.07, 6.45) is 0.261. The maximum Gasteiger partial charge on any atom is 0.228 e. The fourth-order valence-electron chi connectivity index (χ4n) is 4.68. The minimum absolute atomic E-state index is 0.000831. The Morgan fingerprint density at radius 1 is 0.971 bits per heavy atom. The molecule has 2 aliphatic rings. The second-order valence-electron chi connectivity index (χ2n) is 8.79. The largest absolute Gasteiger partial charge is 0.352 e. The van der Waals surface area contributed by atoms with E-state index in [0.717, 1.165) is 27.2 Å². The van der Waals surface area contributed by atoms with Gasteiger partial charge in [-0.3, -0.25) is 9.59 Å². The fraction of sp³-hybridized carbons (Fsp3) is 0.308. The van der Waals surface area contributed by atoms with Crippen molar-refractivity contribution in [2.75, 3.05) is 42.5 Å². The van der Waals surface area contributed by atoms with Gasteiger partial charge in [-0.05, 0) is 42.8 Å². The number of halogens is 1. The van der Waals surface area contributed by atoms with Gasteiger partial charge in [-0.15, -0.1) is 10.2 Å². The highest BCUT2D eigenvalue weighted by atomic mass is 79.9. The van der Waals surface area contributed by atoms with Crippen molar-refractivity contribution in [2.24, 2.45) is 5.92 Å². The molecule has 2 saturated heterocycles. The number of carbonyl (C=O) groups is 2. The first kappa shape index (κ1) is 22.5. The van der Waals surface area contributed by atoms with Gasteiger partial charge >= 0.3 is 0 Å². The summed E-state index contributed by atoms with van der Waals surface area (Å²) in [6, 6.07) is 19.8. The highest BCUT2D eigenvalue weighted by Crippen LogP contribution is 2.29. The quantitative estimate of drug-likeness (QED) is 0.522. The highest BCUT2D eigenvalue weighted by molar-refractivity contribution is 9.10. The lowest BCUT2D eigenvalue weighted by atomic mass is 10.1. The molecule has 0 saturated carbocycles. The predicted molar refractivity (Wildman–Crippen MR) is 136 cm³/mol. The molecule has 2 amide bonds. The summed E-state index contributed by atoms with van der Waals surface area (Å²) in [5.41, 5.74) is 3.93. The van der Waals surface area contributed by atoms with Crippen LogP contribution >= 0.6 is 15.9 Å². The van der Waals surface area contributed by atoms with Gasteiger partial charge in [-0.1, -0.05) is 46.3 Å². The van der Waals surface area contributed by atoms with Crippen LogP contribution < -0.4 is 9.80 Å². The van der Waals surface area contributed by atoms with E-state index in [1.807, 2.05) is 53.4 Å². The van der Waals surface area contributed by atoms with E-state index in [4.69, 9.17) is 0 Å². The van der Waals surface area contributed by atoms with Crippen molar-refractivity contribution in [3.63, 3.8) is 0 Å². The Balaban J connectivity index is 1.19. The van der Waals surface area contributed by atoms with E-state index in [1.54, 1.807) is 4.90 Å². The summed E-state index contributed by atoms with van der Waals surface area (Å²) in [4.78, 5) is 31.5. The van der Waals surface area contributed by atoms with E-state index in [-0.39, 0.29) is 24.2 Å². The Bertz CT molecular complexity index is 1210. The molecule has 0 N–H and O–H groups in total. The van der Waals surface area contributed by atoms with E-state index in [2.05, 4.69) is 50.1 Å². The lowest BCUT2D eigenvalue weighted by molar-refractivity contribution is -0.136. The third-order valence-electron chi connectivity index (χ3n) is 6.58. The number of aryl methyl sites for hydroxylation is 1. The molecule has 0 radical (unpaired) electrons. The highest BCUT2D eigenvalue weighted by Gasteiger charge is 2.38. The molecule has 174 valence electrons. The van der Waals surface area contributed by atoms with Crippen LogP contribution in [0.25, 0.3) is 11.3 Å². The zero-order valence-electron chi connectivity index (χ0n) is 19.0. The van der Waals surface area contributed by atoms with E-state index in [1.165, 1.54) is 5.56 Å². The molecule has 3 heterocycles. The van der Waals surface area contributed by atoms with Crippen molar-refractivity contribution < 1.29 is 9.59 Å². The summed E-state index contributed by atoms with van der Waals surface area (Å²) < 4.78 is 0.915. The summed E-state index contributed by atoms with van der Waals surface area (Å²) in [5.74, 6) is 0.582. The molecule has 2 fully saturated rings. The van der Waals surface area contributed by atoms with Gasteiger partial charge in [-0.25, -0.2) is 0 Å². The van der Waals surface area contributed by atoms with Gasteiger partial charge < -0.3 is 14.7 Å². The first-order chi connectivity index (χ1) is 16.5. The molecular weight excluding hydrogens is 494 g/mol. The SMILES string of the molecule is Cc1ccccc1-c1ccc(N2CCN(C(=O)C3CC(=O)N(c4cccc(Br)c4)C3)CC2)nn1. The Morgan fingerprint density at radius 3 is 2.47 bits per heavy atom. The average molecular weight is 520 g/mol. The van der Waals surface area contributed by atoms with E-state index < -0.39 is 0 Å². The van der Waals surface area contributed by atoms with Crippen LogP contribution in [0.2, 0.25) is 0 Å².